The average molecular weight is 348 g/mol. The van der Waals surface area contributed by atoms with Crippen molar-refractivity contribution in [1.82, 2.24) is 0 Å². The highest BCUT2D eigenvalue weighted by atomic mass is 79.9. The second-order valence-electron chi connectivity index (χ2n) is 5.16. The van der Waals surface area contributed by atoms with Crippen LogP contribution in [0.2, 0.25) is 0 Å². The van der Waals surface area contributed by atoms with Gasteiger partial charge in [0.1, 0.15) is 5.75 Å². The normalized spacial score (nSPS) is 10.4. The lowest BCUT2D eigenvalue weighted by molar-refractivity contribution is 0.309. The Labute approximate surface area is 135 Å². The monoisotopic (exact) mass is 347 g/mol. The molecule has 0 atom stereocenters. The Bertz CT molecular complexity index is 566. The van der Waals surface area contributed by atoms with E-state index in [1.807, 2.05) is 12.1 Å². The van der Waals surface area contributed by atoms with Gasteiger partial charge in [0.25, 0.3) is 0 Å². The Morgan fingerprint density at radius 2 is 1.86 bits per heavy atom. The second kappa shape index (κ2) is 8.08. The van der Waals surface area contributed by atoms with Crippen LogP contribution in [0.4, 0.5) is 5.69 Å². The van der Waals surface area contributed by atoms with E-state index in [4.69, 9.17) is 4.74 Å². The van der Waals surface area contributed by atoms with Crippen molar-refractivity contribution >= 4 is 21.6 Å². The number of ether oxygens (including phenoxy) is 1. The fourth-order valence-corrected chi connectivity index (χ4v) is 2.32. The maximum atomic E-state index is 5.67. The molecule has 21 heavy (non-hydrogen) atoms. The number of hydrogen-bond donors (Lipinski definition) is 1. The predicted octanol–water partition coefficient (Wildman–Crippen LogP) is 5.55. The van der Waals surface area contributed by atoms with Gasteiger partial charge in [-0.05, 0) is 48.7 Å². The maximum Gasteiger partial charge on any atom is 0.119 e. The molecule has 0 aliphatic carbocycles. The number of benzene rings is 2. The molecule has 1 N–H and O–H groups in total. The first-order valence-corrected chi connectivity index (χ1v) is 8.20. The van der Waals surface area contributed by atoms with Crippen LogP contribution in [0.1, 0.15) is 30.9 Å². The van der Waals surface area contributed by atoms with Crippen LogP contribution >= 0.6 is 15.9 Å². The van der Waals surface area contributed by atoms with Gasteiger partial charge in [-0.2, -0.15) is 0 Å². The number of anilines is 1. The number of aryl methyl sites for hydroxylation is 1. The van der Waals surface area contributed by atoms with Gasteiger partial charge in [-0.25, -0.2) is 0 Å². The van der Waals surface area contributed by atoms with Gasteiger partial charge in [-0.1, -0.05) is 47.5 Å². The van der Waals surface area contributed by atoms with Gasteiger partial charge in [-0.15, -0.1) is 0 Å². The lowest BCUT2D eigenvalue weighted by Crippen LogP contribution is -2.00. The summed E-state index contributed by atoms with van der Waals surface area (Å²) in [6.45, 7) is 5.86. The van der Waals surface area contributed by atoms with Crippen LogP contribution in [0.5, 0.6) is 5.75 Å². The topological polar surface area (TPSA) is 21.3 Å². The molecule has 0 spiro atoms. The molecule has 0 aromatic heterocycles. The van der Waals surface area contributed by atoms with E-state index in [0.717, 1.165) is 41.9 Å². The van der Waals surface area contributed by atoms with Gasteiger partial charge in [0.05, 0.1) is 6.61 Å². The van der Waals surface area contributed by atoms with Gasteiger partial charge in [0, 0.05) is 16.7 Å². The van der Waals surface area contributed by atoms with E-state index in [0.29, 0.717) is 0 Å². The fourth-order valence-electron chi connectivity index (χ4n) is 1.94. The van der Waals surface area contributed by atoms with Gasteiger partial charge in [0.2, 0.25) is 0 Å². The third-order valence-electron chi connectivity index (χ3n) is 3.36. The lowest BCUT2D eigenvalue weighted by atomic mass is 10.2. The summed E-state index contributed by atoms with van der Waals surface area (Å²) in [5, 5.41) is 3.43. The third kappa shape index (κ3) is 5.09. The van der Waals surface area contributed by atoms with Gasteiger partial charge in [0.15, 0.2) is 0 Å². The quantitative estimate of drug-likeness (QED) is 0.663. The van der Waals surface area contributed by atoms with Crippen LogP contribution in [0.15, 0.2) is 46.9 Å². The largest absolute Gasteiger partial charge is 0.494 e. The number of halogens is 1. The van der Waals surface area contributed by atoms with Crippen molar-refractivity contribution in [3.63, 3.8) is 0 Å². The Balaban J connectivity index is 1.86. The first-order chi connectivity index (χ1) is 10.2. The highest BCUT2D eigenvalue weighted by molar-refractivity contribution is 9.10. The summed E-state index contributed by atoms with van der Waals surface area (Å²) < 4.78 is 6.80. The van der Waals surface area contributed by atoms with Gasteiger partial charge >= 0.3 is 0 Å². The SMILES string of the molecule is CCCCOc1ccc(CNc2ccc(C)c(Br)c2)cc1. The number of nitrogens with one attached hydrogen (secondary N) is 1. The highest BCUT2D eigenvalue weighted by Gasteiger charge is 1.99. The van der Waals surface area contributed by atoms with E-state index in [2.05, 4.69) is 65.4 Å². The Morgan fingerprint density at radius 1 is 1.10 bits per heavy atom. The molecule has 0 unspecified atom stereocenters. The summed E-state index contributed by atoms with van der Waals surface area (Å²) in [4.78, 5) is 0. The summed E-state index contributed by atoms with van der Waals surface area (Å²) in [5.41, 5.74) is 3.61. The van der Waals surface area contributed by atoms with Gasteiger partial charge in [-0.3, -0.25) is 0 Å². The fraction of sp³-hybridized carbons (Fsp3) is 0.333. The summed E-state index contributed by atoms with van der Waals surface area (Å²) in [6.07, 6.45) is 2.26. The molecule has 112 valence electrons. The van der Waals surface area contributed by atoms with E-state index >= 15 is 0 Å². The van der Waals surface area contributed by atoms with E-state index in [9.17, 15) is 0 Å². The molecular weight excluding hydrogens is 326 g/mol. The molecule has 0 saturated carbocycles. The van der Waals surface area contributed by atoms with E-state index < -0.39 is 0 Å². The molecule has 0 saturated heterocycles. The molecule has 2 aromatic carbocycles. The summed E-state index contributed by atoms with van der Waals surface area (Å²) in [5.74, 6) is 0.949. The number of rotatable bonds is 7. The average Bonchev–Trinajstić information content (AvgIpc) is 2.50. The minimum Gasteiger partial charge on any atom is -0.494 e. The first-order valence-electron chi connectivity index (χ1n) is 7.41. The molecule has 0 radical (unpaired) electrons. The minimum atomic E-state index is 0.797. The Hall–Kier alpha value is -1.48. The molecular formula is C18H22BrNO. The van der Waals surface area contributed by atoms with Gasteiger partial charge < -0.3 is 10.1 Å². The lowest BCUT2D eigenvalue weighted by Gasteiger charge is -2.09. The zero-order valence-electron chi connectivity index (χ0n) is 12.7. The molecule has 0 fully saturated rings. The molecule has 2 nitrogen and oxygen atoms in total. The molecule has 0 aliphatic heterocycles. The second-order valence-corrected chi connectivity index (χ2v) is 6.02. The van der Waals surface area contributed by atoms with E-state index in [1.54, 1.807) is 0 Å². The van der Waals surface area contributed by atoms with Crippen LogP contribution in [-0.4, -0.2) is 6.61 Å². The summed E-state index contributed by atoms with van der Waals surface area (Å²) >= 11 is 3.56. The minimum absolute atomic E-state index is 0.797. The predicted molar refractivity (Wildman–Crippen MR) is 93.1 cm³/mol. The zero-order chi connectivity index (χ0) is 15.1. The van der Waals surface area contributed by atoms with Crippen LogP contribution in [0.25, 0.3) is 0 Å². The van der Waals surface area contributed by atoms with Crippen molar-refractivity contribution in [2.24, 2.45) is 0 Å². The van der Waals surface area contributed by atoms with E-state index in [-0.39, 0.29) is 0 Å². The molecule has 0 aliphatic rings. The van der Waals surface area contributed by atoms with Crippen molar-refractivity contribution in [3.05, 3.63) is 58.1 Å². The van der Waals surface area contributed by atoms with Crippen LogP contribution in [-0.2, 0) is 6.54 Å². The van der Waals surface area contributed by atoms with Crippen molar-refractivity contribution in [2.45, 2.75) is 33.2 Å². The number of hydrogen-bond acceptors (Lipinski definition) is 2. The first kappa shape index (κ1) is 15.9. The van der Waals surface area contributed by atoms with E-state index in [1.165, 1.54) is 11.1 Å². The standard InChI is InChI=1S/C18H22BrNO/c1-3-4-11-21-17-9-6-15(7-10-17)13-20-16-8-5-14(2)18(19)12-16/h5-10,12,20H,3-4,11,13H2,1-2H3. The zero-order valence-corrected chi connectivity index (χ0v) is 14.2. The molecule has 2 aromatic rings. The Kier molecular flexibility index (Phi) is 6.12. The molecule has 0 bridgehead atoms. The number of unbranched alkanes of at least 4 members (excludes halogenated alkanes) is 1. The summed E-state index contributed by atoms with van der Waals surface area (Å²) in [6, 6.07) is 14.6. The van der Waals surface area contributed by atoms with Crippen LogP contribution < -0.4 is 10.1 Å². The van der Waals surface area contributed by atoms with Crippen molar-refractivity contribution in [2.75, 3.05) is 11.9 Å². The smallest absolute Gasteiger partial charge is 0.119 e. The van der Waals surface area contributed by atoms with Crippen molar-refractivity contribution < 1.29 is 4.74 Å². The van der Waals surface area contributed by atoms with Crippen molar-refractivity contribution in [3.8, 4) is 5.75 Å². The van der Waals surface area contributed by atoms with Crippen molar-refractivity contribution in [1.29, 1.82) is 0 Å². The molecule has 2 rings (SSSR count). The highest BCUT2D eigenvalue weighted by Crippen LogP contribution is 2.21. The van der Waals surface area contributed by atoms with Crippen LogP contribution in [0.3, 0.4) is 0 Å². The molecule has 3 heteroatoms. The molecule has 0 amide bonds. The third-order valence-corrected chi connectivity index (χ3v) is 4.21. The Morgan fingerprint density at radius 3 is 2.52 bits per heavy atom. The summed E-state index contributed by atoms with van der Waals surface area (Å²) in [7, 11) is 0. The molecule has 0 heterocycles. The maximum absolute atomic E-state index is 5.67. The van der Waals surface area contributed by atoms with Crippen LogP contribution in [0, 0.1) is 6.92 Å².